The molecule has 1 amide bonds. The van der Waals surface area contributed by atoms with Crippen LogP contribution in [0.3, 0.4) is 0 Å². The van der Waals surface area contributed by atoms with Crippen molar-refractivity contribution < 1.29 is 9.32 Å². The molecule has 1 N–H and O–H groups in total. The molecule has 0 radical (unpaired) electrons. The third-order valence-electron chi connectivity index (χ3n) is 6.03. The predicted molar refractivity (Wildman–Crippen MR) is 133 cm³/mol. The van der Waals surface area contributed by atoms with E-state index < -0.39 is 0 Å². The van der Waals surface area contributed by atoms with Gasteiger partial charge in [0, 0.05) is 17.5 Å². The average molecular weight is 471 g/mol. The Morgan fingerprint density at radius 2 is 1.97 bits per heavy atom. The normalized spacial score (nSPS) is 11.4. The number of nitrogens with one attached hydrogen (secondary N) is 1. The fourth-order valence-electron chi connectivity index (χ4n) is 4.25. The molecule has 0 fully saturated rings. The van der Waals surface area contributed by atoms with E-state index in [1.807, 2.05) is 56.3 Å². The second-order valence-corrected chi connectivity index (χ2v) is 8.54. The van der Waals surface area contributed by atoms with Crippen LogP contribution in [0.2, 0.25) is 0 Å². The lowest BCUT2D eigenvalue weighted by atomic mass is 10.1. The van der Waals surface area contributed by atoms with E-state index in [0.717, 1.165) is 34.1 Å². The summed E-state index contributed by atoms with van der Waals surface area (Å²) in [6.07, 6.45) is 3.00. The summed E-state index contributed by atoms with van der Waals surface area (Å²) in [5, 5.41) is 7.68. The molecular formula is C26H26N6O3. The minimum absolute atomic E-state index is 0.0269. The van der Waals surface area contributed by atoms with Crippen molar-refractivity contribution in [2.45, 2.75) is 46.7 Å². The number of rotatable bonds is 7. The van der Waals surface area contributed by atoms with Crippen LogP contribution < -0.4 is 10.9 Å². The highest BCUT2D eigenvalue weighted by Gasteiger charge is 2.19. The lowest BCUT2D eigenvalue weighted by molar-refractivity contribution is -0.116. The van der Waals surface area contributed by atoms with Crippen molar-refractivity contribution in [3.63, 3.8) is 0 Å². The van der Waals surface area contributed by atoms with Gasteiger partial charge in [0.2, 0.25) is 11.8 Å². The first kappa shape index (κ1) is 22.5. The Morgan fingerprint density at radius 1 is 1.11 bits per heavy atom. The maximum absolute atomic E-state index is 13.6. The summed E-state index contributed by atoms with van der Waals surface area (Å²) in [6, 6.07) is 13.6. The molecule has 5 aromatic rings. The topological polar surface area (TPSA) is 108 Å². The van der Waals surface area contributed by atoms with Crippen LogP contribution in [0.5, 0.6) is 0 Å². The van der Waals surface area contributed by atoms with Crippen molar-refractivity contribution >= 4 is 33.5 Å². The molecule has 0 spiro atoms. The Bertz CT molecular complexity index is 1610. The summed E-state index contributed by atoms with van der Waals surface area (Å²) in [7, 11) is 0. The summed E-state index contributed by atoms with van der Waals surface area (Å²) >= 11 is 0. The van der Waals surface area contributed by atoms with Gasteiger partial charge in [-0.25, -0.2) is 4.98 Å². The Kier molecular flexibility index (Phi) is 5.90. The fraction of sp³-hybridized carbons (Fsp3) is 0.269. The largest absolute Gasteiger partial charge is 0.337 e. The number of fused-ring (bicyclic) bond motifs is 3. The second kappa shape index (κ2) is 9.17. The number of carbonyl (C=O) groups is 1. The Morgan fingerprint density at radius 3 is 2.74 bits per heavy atom. The second-order valence-electron chi connectivity index (χ2n) is 8.54. The number of nitrogens with zero attached hydrogens (tertiary/aromatic N) is 5. The number of hydrogen-bond acceptors (Lipinski definition) is 6. The van der Waals surface area contributed by atoms with Gasteiger partial charge in [-0.15, -0.1) is 0 Å². The van der Waals surface area contributed by atoms with Gasteiger partial charge in [-0.1, -0.05) is 42.8 Å². The molecule has 0 aliphatic rings. The number of amides is 1. The number of anilines is 1. The highest BCUT2D eigenvalue weighted by atomic mass is 16.5. The maximum Gasteiger partial charge on any atom is 0.278 e. The Labute approximate surface area is 201 Å². The number of aromatic nitrogens is 5. The molecule has 0 atom stereocenters. The minimum atomic E-state index is -0.277. The smallest absolute Gasteiger partial charge is 0.278 e. The van der Waals surface area contributed by atoms with Gasteiger partial charge in [0.1, 0.15) is 24.1 Å². The van der Waals surface area contributed by atoms with Gasteiger partial charge in [-0.3, -0.25) is 14.2 Å². The first-order valence-electron chi connectivity index (χ1n) is 11.6. The Hall–Kier alpha value is -4.27. The van der Waals surface area contributed by atoms with E-state index in [9.17, 15) is 9.59 Å². The van der Waals surface area contributed by atoms with Gasteiger partial charge in [0.15, 0.2) is 5.82 Å². The fourth-order valence-corrected chi connectivity index (χ4v) is 4.25. The lowest BCUT2D eigenvalue weighted by Crippen LogP contribution is -2.25. The molecule has 5 rings (SSSR count). The molecular weight excluding hydrogens is 444 g/mol. The first-order chi connectivity index (χ1) is 17.0. The average Bonchev–Trinajstić information content (AvgIpc) is 3.43. The Balaban J connectivity index is 1.57. The number of carbonyl (C=O) groups excluding carboxylic acids is 1. The third-order valence-corrected chi connectivity index (χ3v) is 6.03. The van der Waals surface area contributed by atoms with Crippen molar-refractivity contribution in [1.29, 1.82) is 0 Å². The zero-order chi connectivity index (χ0) is 24.5. The van der Waals surface area contributed by atoms with Crippen LogP contribution >= 0.6 is 0 Å². The first-order valence-corrected chi connectivity index (χ1v) is 11.6. The van der Waals surface area contributed by atoms with Crippen LogP contribution in [-0.2, 0) is 30.7 Å². The van der Waals surface area contributed by atoms with Gasteiger partial charge in [0.25, 0.3) is 5.56 Å². The lowest BCUT2D eigenvalue weighted by Gasteiger charge is -2.10. The van der Waals surface area contributed by atoms with Crippen molar-refractivity contribution in [3.05, 3.63) is 82.0 Å². The van der Waals surface area contributed by atoms with Crippen LogP contribution in [0.15, 0.2) is 58.1 Å². The van der Waals surface area contributed by atoms with Crippen molar-refractivity contribution in [2.24, 2.45) is 0 Å². The van der Waals surface area contributed by atoms with Gasteiger partial charge >= 0.3 is 0 Å². The van der Waals surface area contributed by atoms with E-state index >= 15 is 0 Å². The molecule has 3 aromatic heterocycles. The summed E-state index contributed by atoms with van der Waals surface area (Å²) in [5.41, 5.74) is 4.32. The molecule has 0 bridgehead atoms. The van der Waals surface area contributed by atoms with E-state index in [0.29, 0.717) is 29.2 Å². The van der Waals surface area contributed by atoms with Gasteiger partial charge in [-0.05, 0) is 43.2 Å². The molecule has 2 aromatic carbocycles. The van der Waals surface area contributed by atoms with Crippen molar-refractivity contribution in [3.8, 4) is 0 Å². The molecule has 178 valence electrons. The highest BCUT2D eigenvalue weighted by molar-refractivity contribution is 6.06. The van der Waals surface area contributed by atoms with Gasteiger partial charge in [0.05, 0.1) is 11.8 Å². The van der Waals surface area contributed by atoms with E-state index in [1.165, 1.54) is 10.9 Å². The molecule has 0 saturated carbocycles. The molecule has 0 unspecified atom stereocenters. The molecule has 9 heteroatoms. The summed E-state index contributed by atoms with van der Waals surface area (Å²) < 4.78 is 8.43. The SMILES string of the molecule is CCc1cccc(NC(=O)Cn2c3ccc(C)cc3c3ncn(Cc4nc(CC)no4)c(=O)c32)c1. The number of benzene rings is 2. The zero-order valence-electron chi connectivity index (χ0n) is 19.9. The quantitative estimate of drug-likeness (QED) is 0.387. The van der Waals surface area contributed by atoms with E-state index in [2.05, 4.69) is 27.4 Å². The summed E-state index contributed by atoms with van der Waals surface area (Å²) in [6.45, 7) is 6.05. The molecule has 0 saturated heterocycles. The summed E-state index contributed by atoms with van der Waals surface area (Å²) in [5.74, 6) is 0.685. The van der Waals surface area contributed by atoms with E-state index in [-0.39, 0.29) is 24.6 Å². The van der Waals surface area contributed by atoms with Crippen LogP contribution in [0.4, 0.5) is 5.69 Å². The highest BCUT2D eigenvalue weighted by Crippen LogP contribution is 2.26. The molecule has 0 aliphatic carbocycles. The van der Waals surface area contributed by atoms with E-state index in [1.54, 1.807) is 4.57 Å². The van der Waals surface area contributed by atoms with Crippen LogP contribution in [-0.4, -0.2) is 30.2 Å². The van der Waals surface area contributed by atoms with Gasteiger partial charge in [-0.2, -0.15) is 4.98 Å². The zero-order valence-corrected chi connectivity index (χ0v) is 19.9. The number of hydrogen-bond donors (Lipinski definition) is 1. The molecule has 9 nitrogen and oxygen atoms in total. The maximum atomic E-state index is 13.6. The number of aryl methyl sites for hydroxylation is 3. The van der Waals surface area contributed by atoms with E-state index in [4.69, 9.17) is 4.52 Å². The van der Waals surface area contributed by atoms with Crippen LogP contribution in [0.25, 0.3) is 21.9 Å². The van der Waals surface area contributed by atoms with Crippen molar-refractivity contribution in [2.75, 3.05) is 5.32 Å². The molecule has 35 heavy (non-hydrogen) atoms. The molecule has 0 aliphatic heterocycles. The standard InChI is InChI=1S/C26H26N6O3/c1-4-17-7-6-8-18(12-17)28-22(33)13-32-20-10-9-16(3)11-19(20)24-25(32)26(34)31(15-27-24)14-23-29-21(5-2)30-35-23/h6-12,15H,4-5,13-14H2,1-3H3,(H,28,33). The molecule has 3 heterocycles. The predicted octanol–water partition coefficient (Wildman–Crippen LogP) is 3.85. The third kappa shape index (κ3) is 4.32. The monoisotopic (exact) mass is 470 g/mol. The van der Waals surface area contributed by atoms with Crippen molar-refractivity contribution in [1.82, 2.24) is 24.3 Å². The van der Waals surface area contributed by atoms with Crippen LogP contribution in [0.1, 0.15) is 36.7 Å². The minimum Gasteiger partial charge on any atom is -0.337 e. The van der Waals surface area contributed by atoms with Crippen LogP contribution in [0, 0.1) is 6.92 Å². The summed E-state index contributed by atoms with van der Waals surface area (Å²) in [4.78, 5) is 35.5. The van der Waals surface area contributed by atoms with Gasteiger partial charge < -0.3 is 14.4 Å².